The second-order valence-corrected chi connectivity index (χ2v) is 10.2. The van der Waals surface area contributed by atoms with Gasteiger partial charge in [-0.2, -0.15) is 0 Å². The molecule has 0 radical (unpaired) electrons. The molecule has 2 saturated heterocycles. The zero-order chi connectivity index (χ0) is 23.5. The quantitative estimate of drug-likeness (QED) is 0.553. The fraction of sp³-hybridized carbons (Fsp3) is 0.583. The number of ether oxygens (including phenoxy) is 1. The molecule has 8 nitrogen and oxygen atoms in total. The van der Waals surface area contributed by atoms with Crippen molar-refractivity contribution in [2.75, 3.05) is 63.6 Å². The maximum atomic E-state index is 14.3. The lowest BCUT2D eigenvalue weighted by Crippen LogP contribution is -2.49. The number of halogens is 1. The van der Waals surface area contributed by atoms with Crippen molar-refractivity contribution in [3.05, 3.63) is 29.7 Å². The molecule has 34 heavy (non-hydrogen) atoms. The average molecular weight is 490 g/mol. The molecule has 0 aliphatic carbocycles. The maximum Gasteiger partial charge on any atom is 0.248 e. The van der Waals surface area contributed by atoms with Crippen LogP contribution in [0.2, 0.25) is 0 Å². The Labute approximate surface area is 202 Å². The molecule has 0 spiro atoms. The van der Waals surface area contributed by atoms with Gasteiger partial charge in [0.2, 0.25) is 5.91 Å². The molecule has 5 rings (SSSR count). The summed E-state index contributed by atoms with van der Waals surface area (Å²) >= 11 is 1.75. The number of hydrogen-bond acceptors (Lipinski definition) is 7. The molecule has 0 bridgehead atoms. The van der Waals surface area contributed by atoms with Gasteiger partial charge in [-0.1, -0.05) is 0 Å². The van der Waals surface area contributed by atoms with Gasteiger partial charge in [0.1, 0.15) is 17.5 Å². The van der Waals surface area contributed by atoms with E-state index in [0.717, 1.165) is 85.2 Å². The van der Waals surface area contributed by atoms with Gasteiger partial charge in [-0.25, -0.2) is 4.39 Å². The Morgan fingerprint density at radius 2 is 2.03 bits per heavy atom. The molecule has 2 fully saturated rings. The molecule has 184 valence electrons. The topological polar surface area (TPSA) is 93.2 Å². The van der Waals surface area contributed by atoms with Gasteiger partial charge in [-0.15, -0.1) is 11.8 Å². The number of piperazine rings is 1. The summed E-state index contributed by atoms with van der Waals surface area (Å²) in [6.07, 6.45) is 2.81. The van der Waals surface area contributed by atoms with Crippen LogP contribution >= 0.6 is 11.8 Å². The summed E-state index contributed by atoms with van der Waals surface area (Å²) in [5, 5.41) is 14.4. The van der Waals surface area contributed by atoms with Gasteiger partial charge >= 0.3 is 0 Å². The van der Waals surface area contributed by atoms with Crippen molar-refractivity contribution in [3.8, 4) is 0 Å². The number of aliphatic hydroxyl groups excluding tert-OH is 1. The molecule has 2 aromatic rings. The molecule has 1 aromatic carbocycles. The van der Waals surface area contributed by atoms with E-state index < -0.39 is 6.61 Å². The molecule has 0 saturated carbocycles. The van der Waals surface area contributed by atoms with Crippen LogP contribution in [0.25, 0.3) is 10.9 Å². The second-order valence-electron chi connectivity index (χ2n) is 9.20. The minimum atomic E-state index is -0.412. The third-order valence-corrected chi connectivity index (χ3v) is 8.01. The minimum absolute atomic E-state index is 0.189. The van der Waals surface area contributed by atoms with Gasteiger partial charge in [-0.05, 0) is 37.5 Å². The number of aromatic nitrogens is 1. The third kappa shape index (κ3) is 5.40. The molecule has 4 heterocycles. The van der Waals surface area contributed by atoms with Crippen LogP contribution in [0.5, 0.6) is 0 Å². The van der Waals surface area contributed by atoms with Crippen LogP contribution in [0.1, 0.15) is 25.0 Å². The number of nitrogens with one attached hydrogen (secondary N) is 2. The highest BCUT2D eigenvalue weighted by molar-refractivity contribution is 8.14. The molecule has 3 aliphatic heterocycles. The number of hydrogen-bond donors (Lipinski definition) is 3. The Bertz CT molecular complexity index is 1050. The van der Waals surface area contributed by atoms with Crippen molar-refractivity contribution in [2.24, 2.45) is 4.99 Å². The van der Waals surface area contributed by atoms with Gasteiger partial charge < -0.3 is 25.0 Å². The lowest BCUT2D eigenvalue weighted by atomic mass is 10.1. The summed E-state index contributed by atoms with van der Waals surface area (Å²) in [6, 6.07) is 5.68. The summed E-state index contributed by atoms with van der Waals surface area (Å²) in [7, 11) is 0. The fourth-order valence-corrected chi connectivity index (χ4v) is 5.94. The van der Waals surface area contributed by atoms with Crippen molar-refractivity contribution in [1.29, 1.82) is 0 Å². The molecule has 3 N–H and O–H groups in total. The molecule has 10 heteroatoms. The van der Waals surface area contributed by atoms with Gasteiger partial charge in [0.15, 0.2) is 0 Å². The van der Waals surface area contributed by atoms with E-state index >= 15 is 0 Å². The monoisotopic (exact) mass is 489 g/mol. The first-order valence-electron chi connectivity index (χ1n) is 12.1. The zero-order valence-electron chi connectivity index (χ0n) is 19.3. The number of thioether (sulfide) groups is 1. The maximum absolute atomic E-state index is 14.3. The summed E-state index contributed by atoms with van der Waals surface area (Å²) in [5.74, 6) is 0.507. The predicted octanol–water partition coefficient (Wildman–Crippen LogP) is 2.29. The minimum Gasteiger partial charge on any atom is -0.387 e. The second kappa shape index (κ2) is 10.6. The highest BCUT2D eigenvalue weighted by atomic mass is 32.2. The first-order valence-corrected chi connectivity index (χ1v) is 13.1. The number of anilines is 1. The van der Waals surface area contributed by atoms with Crippen LogP contribution in [-0.4, -0.2) is 101 Å². The largest absolute Gasteiger partial charge is 0.387 e. The molecular weight excluding hydrogens is 457 g/mol. The van der Waals surface area contributed by atoms with Crippen LogP contribution in [-0.2, 0) is 9.53 Å². The van der Waals surface area contributed by atoms with Crippen LogP contribution in [0.4, 0.5) is 10.1 Å². The predicted molar refractivity (Wildman–Crippen MR) is 133 cm³/mol. The van der Waals surface area contributed by atoms with Gasteiger partial charge in [-0.3, -0.25) is 14.7 Å². The van der Waals surface area contributed by atoms with E-state index in [1.807, 2.05) is 6.07 Å². The number of aliphatic hydroxyl groups is 1. The number of aromatic amines is 1. The first kappa shape index (κ1) is 23.6. The van der Waals surface area contributed by atoms with E-state index in [4.69, 9.17) is 14.8 Å². The van der Waals surface area contributed by atoms with Crippen LogP contribution in [0.15, 0.2) is 23.2 Å². The van der Waals surface area contributed by atoms with Crippen LogP contribution in [0.3, 0.4) is 0 Å². The van der Waals surface area contributed by atoms with E-state index in [1.54, 1.807) is 28.8 Å². The molecular formula is C24H32FN5O3S. The molecule has 3 aliphatic rings. The Balaban J connectivity index is 1.21. The highest BCUT2D eigenvalue weighted by Gasteiger charge is 2.25. The van der Waals surface area contributed by atoms with Crippen molar-refractivity contribution in [1.82, 2.24) is 14.8 Å². The number of aliphatic imine (C=N–C) groups is 1. The summed E-state index contributed by atoms with van der Waals surface area (Å²) in [6.45, 7) is 5.00. The average Bonchev–Trinajstić information content (AvgIpc) is 3.50. The Kier molecular flexibility index (Phi) is 7.38. The number of benzene rings is 1. The number of fused-ring (bicyclic) bond motifs is 1. The van der Waals surface area contributed by atoms with E-state index in [1.165, 1.54) is 0 Å². The standard InChI is InChI=1S/C24H32FN5O3S/c25-17-11-16-12-21(28-23(16)20(13-17)26-18-2-9-33-10-3-18)24-27-19(15-34-24)1-4-29-5-7-30(8-6-29)22(32)14-31/h11-13,18-19,26,28,31H,1-10,14-15H2. The van der Waals surface area contributed by atoms with Crippen molar-refractivity contribution >= 4 is 39.3 Å². The van der Waals surface area contributed by atoms with E-state index in [9.17, 15) is 9.18 Å². The van der Waals surface area contributed by atoms with E-state index in [-0.39, 0.29) is 23.8 Å². The van der Waals surface area contributed by atoms with Crippen molar-refractivity contribution in [2.45, 2.75) is 31.3 Å². The van der Waals surface area contributed by atoms with Crippen molar-refractivity contribution < 1.29 is 19.0 Å². The number of carbonyl (C=O) groups excluding carboxylic acids is 1. The smallest absolute Gasteiger partial charge is 0.248 e. The molecule has 1 amide bonds. The SMILES string of the molecule is O=C(CO)N1CCN(CCC2CSC(c3cc4cc(F)cc(NC5CCOCC5)c4[nH]3)=N2)CC1. The van der Waals surface area contributed by atoms with Gasteiger partial charge in [0.25, 0.3) is 0 Å². The first-order chi connectivity index (χ1) is 16.6. The molecule has 1 aromatic heterocycles. The fourth-order valence-electron chi connectivity index (χ4n) is 4.86. The number of amides is 1. The van der Waals surface area contributed by atoms with Crippen LogP contribution < -0.4 is 5.32 Å². The molecule has 1 unspecified atom stereocenters. The Hall–Kier alpha value is -2.14. The number of carbonyl (C=O) groups is 1. The summed E-state index contributed by atoms with van der Waals surface area (Å²) in [5.41, 5.74) is 2.66. The summed E-state index contributed by atoms with van der Waals surface area (Å²) in [4.78, 5) is 24.1. The Morgan fingerprint density at radius 3 is 2.79 bits per heavy atom. The normalized spacial score (nSPS) is 22.4. The van der Waals surface area contributed by atoms with Gasteiger partial charge in [0.05, 0.1) is 22.9 Å². The molecule has 1 atom stereocenters. The van der Waals surface area contributed by atoms with Crippen molar-refractivity contribution in [3.63, 3.8) is 0 Å². The lowest BCUT2D eigenvalue weighted by Gasteiger charge is -2.34. The van der Waals surface area contributed by atoms with E-state index in [0.29, 0.717) is 13.1 Å². The number of H-pyrrole nitrogens is 1. The zero-order valence-corrected chi connectivity index (χ0v) is 20.1. The van der Waals surface area contributed by atoms with Gasteiger partial charge in [0, 0.05) is 63.1 Å². The number of rotatable bonds is 7. The Morgan fingerprint density at radius 1 is 1.24 bits per heavy atom. The highest BCUT2D eigenvalue weighted by Crippen LogP contribution is 2.31. The number of nitrogens with zero attached hydrogens (tertiary/aromatic N) is 3. The third-order valence-electron chi connectivity index (χ3n) is 6.86. The van der Waals surface area contributed by atoms with E-state index in [2.05, 4.69) is 15.2 Å². The summed E-state index contributed by atoms with van der Waals surface area (Å²) < 4.78 is 19.8. The van der Waals surface area contributed by atoms with Crippen LogP contribution in [0, 0.1) is 5.82 Å². The lowest BCUT2D eigenvalue weighted by molar-refractivity contribution is -0.135.